The van der Waals surface area contributed by atoms with E-state index in [4.69, 9.17) is 9.26 Å². The van der Waals surface area contributed by atoms with Gasteiger partial charge in [0.1, 0.15) is 10.6 Å². The molecule has 0 spiro atoms. The Morgan fingerprint density at radius 3 is 2.53 bits per heavy atom. The zero-order valence-corrected chi connectivity index (χ0v) is 12.7. The summed E-state index contributed by atoms with van der Waals surface area (Å²) in [6.07, 6.45) is -0.122. The number of aromatic nitrogens is 1. The molecule has 1 aliphatic rings. The van der Waals surface area contributed by atoms with Crippen molar-refractivity contribution >= 4 is 10.0 Å². The SMILES string of the molecule is Cc1noc(C)c1S(=O)(=O)N1C[C@H](C)OCC1(C)C. The molecule has 1 atom stereocenters. The van der Waals surface area contributed by atoms with Crippen LogP contribution in [-0.4, -0.2) is 42.7 Å². The van der Waals surface area contributed by atoms with E-state index in [-0.39, 0.29) is 11.0 Å². The van der Waals surface area contributed by atoms with Gasteiger partial charge in [0, 0.05) is 6.54 Å². The average Bonchev–Trinajstić information content (AvgIpc) is 2.62. The van der Waals surface area contributed by atoms with Gasteiger partial charge in [-0.25, -0.2) is 8.42 Å². The Morgan fingerprint density at radius 2 is 2.00 bits per heavy atom. The van der Waals surface area contributed by atoms with E-state index in [0.29, 0.717) is 24.6 Å². The molecule has 1 aliphatic heterocycles. The average molecular weight is 288 g/mol. The van der Waals surface area contributed by atoms with E-state index in [9.17, 15) is 8.42 Å². The second kappa shape index (κ2) is 4.57. The molecule has 1 fully saturated rings. The van der Waals surface area contributed by atoms with Crippen LogP contribution in [0.4, 0.5) is 0 Å². The van der Waals surface area contributed by atoms with Gasteiger partial charge in [-0.2, -0.15) is 4.31 Å². The maximum absolute atomic E-state index is 12.8. The van der Waals surface area contributed by atoms with Crippen molar-refractivity contribution in [3.05, 3.63) is 11.5 Å². The molecule has 7 heteroatoms. The predicted octanol–water partition coefficient (Wildman–Crippen LogP) is 1.48. The Morgan fingerprint density at radius 1 is 1.37 bits per heavy atom. The van der Waals surface area contributed by atoms with E-state index in [0.717, 1.165) is 0 Å². The minimum absolute atomic E-state index is 0.122. The number of hydrogen-bond acceptors (Lipinski definition) is 5. The zero-order chi connectivity index (χ0) is 14.4. The number of hydrogen-bond donors (Lipinski definition) is 0. The number of sulfonamides is 1. The minimum Gasteiger partial charge on any atom is -0.375 e. The third-order valence-electron chi connectivity index (χ3n) is 3.34. The molecular weight excluding hydrogens is 268 g/mol. The lowest BCUT2D eigenvalue weighted by Gasteiger charge is -2.43. The standard InChI is InChI=1S/C12H20N2O4S/c1-8-6-14(12(4,5)7-17-8)19(15,16)11-9(2)13-18-10(11)3/h8H,6-7H2,1-5H3/t8-/m0/s1. The molecule has 6 nitrogen and oxygen atoms in total. The molecule has 0 radical (unpaired) electrons. The van der Waals surface area contributed by atoms with E-state index in [1.807, 2.05) is 20.8 Å². The lowest BCUT2D eigenvalue weighted by molar-refractivity contribution is -0.0551. The number of ether oxygens (including phenoxy) is 1. The van der Waals surface area contributed by atoms with Crippen LogP contribution in [0.5, 0.6) is 0 Å². The summed E-state index contributed by atoms with van der Waals surface area (Å²) in [4.78, 5) is 0.176. The second-order valence-electron chi connectivity index (χ2n) is 5.62. The smallest absolute Gasteiger partial charge is 0.249 e. The highest BCUT2D eigenvalue weighted by atomic mass is 32.2. The topological polar surface area (TPSA) is 72.6 Å². The van der Waals surface area contributed by atoms with Gasteiger partial charge < -0.3 is 9.26 Å². The van der Waals surface area contributed by atoms with Crippen LogP contribution in [-0.2, 0) is 14.8 Å². The third kappa shape index (κ3) is 2.42. The van der Waals surface area contributed by atoms with Crippen molar-refractivity contribution in [2.24, 2.45) is 0 Å². The van der Waals surface area contributed by atoms with Crippen molar-refractivity contribution in [2.45, 2.75) is 51.2 Å². The Balaban J connectivity index is 2.49. The van der Waals surface area contributed by atoms with Gasteiger partial charge in [0.05, 0.1) is 18.2 Å². The van der Waals surface area contributed by atoms with Gasteiger partial charge in [-0.3, -0.25) is 0 Å². The molecule has 1 aromatic heterocycles. The number of rotatable bonds is 2. The molecular formula is C12H20N2O4S. The Bertz CT molecular complexity index is 557. The molecule has 1 saturated heterocycles. The van der Waals surface area contributed by atoms with Gasteiger partial charge in [-0.1, -0.05) is 5.16 Å². The van der Waals surface area contributed by atoms with E-state index in [1.165, 1.54) is 4.31 Å². The molecule has 2 rings (SSSR count). The summed E-state index contributed by atoms with van der Waals surface area (Å²) in [7, 11) is -3.62. The molecule has 19 heavy (non-hydrogen) atoms. The summed E-state index contributed by atoms with van der Waals surface area (Å²) in [5.41, 5.74) is -0.186. The number of nitrogens with zero attached hydrogens (tertiary/aromatic N) is 2. The van der Waals surface area contributed by atoms with E-state index in [1.54, 1.807) is 13.8 Å². The van der Waals surface area contributed by atoms with Gasteiger partial charge in [-0.15, -0.1) is 0 Å². The first-order valence-corrected chi connectivity index (χ1v) is 7.67. The summed E-state index contributed by atoms with van der Waals surface area (Å²) in [6, 6.07) is 0. The van der Waals surface area contributed by atoms with Gasteiger partial charge in [0.15, 0.2) is 5.76 Å². The zero-order valence-electron chi connectivity index (χ0n) is 11.9. The summed E-state index contributed by atoms with van der Waals surface area (Å²) in [6.45, 7) is 9.54. The van der Waals surface area contributed by atoms with Crippen molar-refractivity contribution in [1.29, 1.82) is 0 Å². The molecule has 0 saturated carbocycles. The van der Waals surface area contributed by atoms with E-state index in [2.05, 4.69) is 5.16 Å². The fourth-order valence-electron chi connectivity index (χ4n) is 2.33. The van der Waals surface area contributed by atoms with Crippen LogP contribution < -0.4 is 0 Å². The fourth-order valence-corrected chi connectivity index (χ4v) is 4.47. The van der Waals surface area contributed by atoms with Gasteiger partial charge in [-0.05, 0) is 34.6 Å². The highest BCUT2D eigenvalue weighted by Gasteiger charge is 2.43. The summed E-state index contributed by atoms with van der Waals surface area (Å²) >= 11 is 0. The van der Waals surface area contributed by atoms with Crippen LogP contribution in [0.25, 0.3) is 0 Å². The number of aryl methyl sites for hydroxylation is 2. The van der Waals surface area contributed by atoms with Crippen molar-refractivity contribution in [3.63, 3.8) is 0 Å². The van der Waals surface area contributed by atoms with Crippen molar-refractivity contribution in [1.82, 2.24) is 9.46 Å². The van der Waals surface area contributed by atoms with Crippen LogP contribution in [0, 0.1) is 13.8 Å². The summed E-state index contributed by atoms with van der Waals surface area (Å²) < 4.78 is 37.7. The molecule has 2 heterocycles. The first-order chi connectivity index (χ1) is 8.66. The van der Waals surface area contributed by atoms with Crippen molar-refractivity contribution in [2.75, 3.05) is 13.2 Å². The van der Waals surface area contributed by atoms with Crippen LogP contribution in [0.3, 0.4) is 0 Å². The maximum atomic E-state index is 12.8. The molecule has 0 unspecified atom stereocenters. The van der Waals surface area contributed by atoms with Crippen molar-refractivity contribution < 1.29 is 17.7 Å². The molecule has 0 N–H and O–H groups in total. The summed E-state index contributed by atoms with van der Waals surface area (Å²) in [5, 5.41) is 3.73. The molecule has 1 aromatic rings. The first-order valence-electron chi connectivity index (χ1n) is 6.23. The molecule has 0 aromatic carbocycles. The van der Waals surface area contributed by atoms with Crippen LogP contribution in [0.1, 0.15) is 32.2 Å². The normalized spacial score (nSPS) is 24.6. The predicted molar refractivity (Wildman–Crippen MR) is 69.4 cm³/mol. The molecule has 0 amide bonds. The highest BCUT2D eigenvalue weighted by Crippen LogP contribution is 2.31. The molecule has 0 bridgehead atoms. The number of morpholine rings is 1. The minimum atomic E-state index is -3.62. The van der Waals surface area contributed by atoms with Crippen LogP contribution >= 0.6 is 0 Å². The van der Waals surface area contributed by atoms with Gasteiger partial charge in [0.25, 0.3) is 0 Å². The van der Waals surface area contributed by atoms with Crippen molar-refractivity contribution in [3.8, 4) is 0 Å². The monoisotopic (exact) mass is 288 g/mol. The highest BCUT2D eigenvalue weighted by molar-refractivity contribution is 7.89. The van der Waals surface area contributed by atoms with Crippen LogP contribution in [0.15, 0.2) is 9.42 Å². The van der Waals surface area contributed by atoms with Gasteiger partial charge >= 0.3 is 0 Å². The van der Waals surface area contributed by atoms with Crippen LogP contribution in [0.2, 0.25) is 0 Å². The summed E-state index contributed by atoms with van der Waals surface area (Å²) in [5.74, 6) is 0.326. The van der Waals surface area contributed by atoms with Gasteiger partial charge in [0.2, 0.25) is 10.0 Å². The maximum Gasteiger partial charge on any atom is 0.249 e. The quantitative estimate of drug-likeness (QED) is 0.824. The molecule has 108 valence electrons. The fraction of sp³-hybridized carbons (Fsp3) is 0.750. The first kappa shape index (κ1) is 14.5. The third-order valence-corrected chi connectivity index (χ3v) is 5.66. The molecule has 0 aliphatic carbocycles. The Labute approximate surface area is 113 Å². The van der Waals surface area contributed by atoms with E-state index >= 15 is 0 Å². The second-order valence-corrected chi connectivity index (χ2v) is 7.42. The van der Waals surface area contributed by atoms with E-state index < -0.39 is 15.6 Å². The largest absolute Gasteiger partial charge is 0.375 e. The lowest BCUT2D eigenvalue weighted by Crippen LogP contribution is -2.57. The Kier molecular flexibility index (Phi) is 3.49. The lowest BCUT2D eigenvalue weighted by atomic mass is 10.1. The Hall–Kier alpha value is -0.920.